The van der Waals surface area contributed by atoms with Crippen LogP contribution in [-0.2, 0) is 4.79 Å². The molecular formula is C22H27N3O5. The van der Waals surface area contributed by atoms with Crippen LogP contribution < -0.4 is 24.8 Å². The lowest BCUT2D eigenvalue weighted by molar-refractivity contribution is -0.119. The van der Waals surface area contributed by atoms with Crippen LogP contribution in [0.4, 0.5) is 16.2 Å². The van der Waals surface area contributed by atoms with Crippen molar-refractivity contribution in [1.82, 2.24) is 4.90 Å². The lowest BCUT2D eigenvalue weighted by atomic mass is 10.2. The molecule has 0 spiro atoms. The minimum absolute atomic E-state index is 0.280. The van der Waals surface area contributed by atoms with Crippen LogP contribution in [0.1, 0.15) is 19.8 Å². The van der Waals surface area contributed by atoms with Crippen LogP contribution in [0, 0.1) is 0 Å². The summed E-state index contributed by atoms with van der Waals surface area (Å²) in [6.45, 7) is 2.99. The van der Waals surface area contributed by atoms with Crippen molar-refractivity contribution in [3.8, 4) is 17.2 Å². The molecular weight excluding hydrogens is 386 g/mol. The SMILES string of the molecule is CCOc1ccc(NC(=O)N2CCC[C@@H]2C(=O)Nc2c(OC)cccc2OC)cc1. The fourth-order valence-electron chi connectivity index (χ4n) is 3.46. The number of para-hydroxylation sites is 1. The maximum Gasteiger partial charge on any atom is 0.322 e. The molecule has 1 saturated heterocycles. The van der Waals surface area contributed by atoms with Crippen LogP contribution in [0.2, 0.25) is 0 Å². The Bertz CT molecular complexity index is 863. The number of likely N-dealkylation sites (tertiary alicyclic amines) is 1. The maximum absolute atomic E-state index is 13.0. The number of hydrogen-bond acceptors (Lipinski definition) is 5. The second-order valence-corrected chi connectivity index (χ2v) is 6.77. The van der Waals surface area contributed by atoms with E-state index in [0.717, 1.165) is 12.2 Å². The highest BCUT2D eigenvalue weighted by Crippen LogP contribution is 2.35. The van der Waals surface area contributed by atoms with Crippen LogP contribution in [0.15, 0.2) is 42.5 Å². The van der Waals surface area contributed by atoms with Crippen molar-refractivity contribution in [3.63, 3.8) is 0 Å². The van der Waals surface area contributed by atoms with Gasteiger partial charge in [0.1, 0.15) is 29.0 Å². The molecule has 0 unspecified atom stereocenters. The molecule has 0 aliphatic carbocycles. The van der Waals surface area contributed by atoms with Gasteiger partial charge in [-0.3, -0.25) is 4.79 Å². The first kappa shape index (κ1) is 21.3. The topological polar surface area (TPSA) is 89.1 Å². The van der Waals surface area contributed by atoms with Gasteiger partial charge in [-0.15, -0.1) is 0 Å². The molecule has 0 aromatic heterocycles. The summed E-state index contributed by atoms with van der Waals surface area (Å²) in [6, 6.07) is 11.5. The molecule has 1 atom stereocenters. The van der Waals surface area contributed by atoms with Gasteiger partial charge in [-0.2, -0.15) is 0 Å². The first-order chi connectivity index (χ1) is 14.6. The van der Waals surface area contributed by atoms with Gasteiger partial charge in [-0.05, 0) is 56.2 Å². The van der Waals surface area contributed by atoms with Gasteiger partial charge in [-0.1, -0.05) is 6.07 Å². The molecule has 1 heterocycles. The maximum atomic E-state index is 13.0. The molecule has 0 saturated carbocycles. The zero-order valence-corrected chi connectivity index (χ0v) is 17.4. The van der Waals surface area contributed by atoms with Crippen molar-refractivity contribution in [2.45, 2.75) is 25.8 Å². The highest BCUT2D eigenvalue weighted by molar-refractivity contribution is 6.01. The van der Waals surface area contributed by atoms with E-state index in [1.54, 1.807) is 47.4 Å². The number of urea groups is 1. The van der Waals surface area contributed by atoms with Gasteiger partial charge in [0.15, 0.2) is 0 Å². The highest BCUT2D eigenvalue weighted by Gasteiger charge is 2.35. The third-order valence-electron chi connectivity index (χ3n) is 4.91. The fraction of sp³-hybridized carbons (Fsp3) is 0.364. The second kappa shape index (κ2) is 9.87. The van der Waals surface area contributed by atoms with Gasteiger partial charge >= 0.3 is 6.03 Å². The number of hydrogen-bond donors (Lipinski definition) is 2. The summed E-state index contributed by atoms with van der Waals surface area (Å²) in [6.07, 6.45) is 1.33. The first-order valence-corrected chi connectivity index (χ1v) is 9.89. The summed E-state index contributed by atoms with van der Waals surface area (Å²) in [5.41, 5.74) is 1.09. The fourth-order valence-corrected chi connectivity index (χ4v) is 3.46. The molecule has 3 rings (SSSR count). The Hall–Kier alpha value is -3.42. The second-order valence-electron chi connectivity index (χ2n) is 6.77. The average Bonchev–Trinajstić information content (AvgIpc) is 3.26. The zero-order chi connectivity index (χ0) is 21.5. The normalized spacial score (nSPS) is 15.4. The lowest BCUT2D eigenvalue weighted by Gasteiger charge is -2.25. The van der Waals surface area contributed by atoms with E-state index in [4.69, 9.17) is 14.2 Å². The number of amides is 3. The summed E-state index contributed by atoms with van der Waals surface area (Å²) in [5.74, 6) is 1.44. The van der Waals surface area contributed by atoms with Crippen molar-refractivity contribution >= 4 is 23.3 Å². The van der Waals surface area contributed by atoms with Gasteiger partial charge in [0.2, 0.25) is 5.91 Å². The number of ether oxygens (including phenoxy) is 3. The van der Waals surface area contributed by atoms with E-state index in [-0.39, 0.29) is 11.9 Å². The van der Waals surface area contributed by atoms with Crippen LogP contribution >= 0.6 is 0 Å². The van der Waals surface area contributed by atoms with Crippen molar-refractivity contribution < 1.29 is 23.8 Å². The number of methoxy groups -OCH3 is 2. The number of nitrogens with one attached hydrogen (secondary N) is 2. The predicted octanol–water partition coefficient (Wildman–Crippen LogP) is 3.74. The minimum atomic E-state index is -0.581. The Morgan fingerprint density at radius 2 is 1.70 bits per heavy atom. The van der Waals surface area contributed by atoms with Crippen molar-refractivity contribution in [3.05, 3.63) is 42.5 Å². The largest absolute Gasteiger partial charge is 0.494 e. The van der Waals surface area contributed by atoms with Crippen LogP contribution in [0.25, 0.3) is 0 Å². The van der Waals surface area contributed by atoms with Gasteiger partial charge in [-0.25, -0.2) is 4.79 Å². The van der Waals surface area contributed by atoms with Crippen molar-refractivity contribution in [2.75, 3.05) is 38.0 Å². The van der Waals surface area contributed by atoms with Crippen LogP contribution in [0.3, 0.4) is 0 Å². The summed E-state index contributed by atoms with van der Waals surface area (Å²) < 4.78 is 16.1. The summed E-state index contributed by atoms with van der Waals surface area (Å²) in [5, 5.41) is 5.72. The van der Waals surface area contributed by atoms with E-state index in [0.29, 0.717) is 42.4 Å². The summed E-state index contributed by atoms with van der Waals surface area (Å²) in [7, 11) is 3.05. The molecule has 1 aliphatic rings. The van der Waals surface area contributed by atoms with E-state index < -0.39 is 6.04 Å². The average molecular weight is 413 g/mol. The van der Waals surface area contributed by atoms with E-state index in [1.807, 2.05) is 6.92 Å². The number of nitrogens with zero attached hydrogens (tertiary/aromatic N) is 1. The Morgan fingerprint density at radius 1 is 1.03 bits per heavy atom. The molecule has 1 fully saturated rings. The number of anilines is 2. The zero-order valence-electron chi connectivity index (χ0n) is 17.4. The van der Waals surface area contributed by atoms with Gasteiger partial charge < -0.3 is 29.7 Å². The predicted molar refractivity (Wildman–Crippen MR) is 115 cm³/mol. The van der Waals surface area contributed by atoms with Crippen LogP contribution in [0.5, 0.6) is 17.2 Å². The van der Waals surface area contributed by atoms with Gasteiger partial charge in [0.05, 0.1) is 20.8 Å². The smallest absolute Gasteiger partial charge is 0.322 e. The number of carbonyl (C=O) groups is 2. The number of rotatable bonds is 7. The standard InChI is InChI=1S/C22H27N3O5/c1-4-30-16-12-10-15(11-13-16)23-22(27)25-14-6-7-17(25)21(26)24-20-18(28-2)8-5-9-19(20)29-3/h5,8-13,17H,4,6-7,14H2,1-3H3,(H,23,27)(H,24,26)/t17-/m1/s1. The molecule has 1 aliphatic heterocycles. The Morgan fingerprint density at radius 3 is 2.30 bits per heavy atom. The lowest BCUT2D eigenvalue weighted by Crippen LogP contribution is -2.45. The molecule has 2 aromatic rings. The molecule has 8 heteroatoms. The molecule has 8 nitrogen and oxygen atoms in total. The highest BCUT2D eigenvalue weighted by atomic mass is 16.5. The van der Waals surface area contributed by atoms with Crippen LogP contribution in [-0.4, -0.2) is 50.3 Å². The Kier molecular flexibility index (Phi) is 7.00. The molecule has 160 valence electrons. The van der Waals surface area contributed by atoms with E-state index in [1.165, 1.54) is 14.2 Å². The molecule has 2 aromatic carbocycles. The van der Waals surface area contributed by atoms with E-state index in [9.17, 15) is 9.59 Å². The quantitative estimate of drug-likeness (QED) is 0.722. The van der Waals surface area contributed by atoms with E-state index >= 15 is 0 Å². The van der Waals surface area contributed by atoms with E-state index in [2.05, 4.69) is 10.6 Å². The van der Waals surface area contributed by atoms with Gasteiger partial charge in [0, 0.05) is 12.2 Å². The third-order valence-corrected chi connectivity index (χ3v) is 4.91. The summed E-state index contributed by atoms with van der Waals surface area (Å²) >= 11 is 0. The van der Waals surface area contributed by atoms with Crippen molar-refractivity contribution in [1.29, 1.82) is 0 Å². The van der Waals surface area contributed by atoms with Crippen molar-refractivity contribution in [2.24, 2.45) is 0 Å². The molecule has 0 radical (unpaired) electrons. The number of carbonyl (C=O) groups excluding carboxylic acids is 2. The Labute approximate surface area is 176 Å². The number of benzene rings is 2. The monoisotopic (exact) mass is 413 g/mol. The molecule has 0 bridgehead atoms. The Balaban J connectivity index is 1.69. The minimum Gasteiger partial charge on any atom is -0.494 e. The molecule has 30 heavy (non-hydrogen) atoms. The molecule has 3 amide bonds. The van der Waals surface area contributed by atoms with Gasteiger partial charge in [0.25, 0.3) is 0 Å². The first-order valence-electron chi connectivity index (χ1n) is 9.89. The summed E-state index contributed by atoms with van der Waals surface area (Å²) in [4.78, 5) is 27.3. The third kappa shape index (κ3) is 4.76. The molecule has 2 N–H and O–H groups in total.